The van der Waals surface area contributed by atoms with Crippen LogP contribution in [0, 0.1) is 0 Å². The van der Waals surface area contributed by atoms with Crippen LogP contribution in [0.25, 0.3) is 0 Å². The van der Waals surface area contributed by atoms with Crippen molar-refractivity contribution >= 4 is 16.5 Å². The molecule has 3 nitrogen and oxygen atoms in total. The first-order valence-corrected chi connectivity index (χ1v) is 8.50. The third-order valence-corrected chi connectivity index (χ3v) is 5.18. The van der Waals surface area contributed by atoms with E-state index in [1.54, 1.807) is 0 Å². The number of anilines is 1. The van der Waals surface area contributed by atoms with E-state index < -0.39 is 0 Å². The maximum atomic E-state index is 4.86. The lowest BCUT2D eigenvalue weighted by molar-refractivity contribution is 0.650. The minimum Gasteiger partial charge on any atom is -0.348 e. The quantitative estimate of drug-likeness (QED) is 0.774. The third kappa shape index (κ3) is 3.69. The Morgan fingerprint density at radius 3 is 2.68 bits per heavy atom. The Balaban J connectivity index is 2.04. The van der Waals surface area contributed by atoms with Gasteiger partial charge < -0.3 is 10.2 Å². The van der Waals surface area contributed by atoms with Crippen molar-refractivity contribution in [3.05, 3.63) is 10.6 Å². The first-order chi connectivity index (χ1) is 9.26. The number of aromatic nitrogens is 1. The van der Waals surface area contributed by atoms with E-state index in [0.717, 1.165) is 19.5 Å². The van der Waals surface area contributed by atoms with Gasteiger partial charge in [-0.25, -0.2) is 4.98 Å². The summed E-state index contributed by atoms with van der Waals surface area (Å²) in [7, 11) is 2.22. The van der Waals surface area contributed by atoms with Crippen molar-refractivity contribution in [1.29, 1.82) is 0 Å². The maximum absolute atomic E-state index is 4.86. The van der Waals surface area contributed by atoms with E-state index in [9.17, 15) is 0 Å². The van der Waals surface area contributed by atoms with E-state index >= 15 is 0 Å². The van der Waals surface area contributed by atoms with Gasteiger partial charge in [0.2, 0.25) is 0 Å². The molecule has 1 fully saturated rings. The number of nitrogens with zero attached hydrogens (tertiary/aromatic N) is 2. The molecule has 2 rings (SSSR count). The minimum absolute atomic E-state index is 0.715. The van der Waals surface area contributed by atoms with Crippen molar-refractivity contribution in [3.8, 4) is 0 Å². The zero-order valence-corrected chi connectivity index (χ0v) is 13.4. The van der Waals surface area contributed by atoms with Crippen LogP contribution in [0.3, 0.4) is 0 Å². The summed E-state index contributed by atoms with van der Waals surface area (Å²) in [6, 6.07) is 0.715. The molecule has 0 aliphatic heterocycles. The predicted molar refractivity (Wildman–Crippen MR) is 84.1 cm³/mol. The molecule has 1 aromatic heterocycles. The van der Waals surface area contributed by atoms with Gasteiger partial charge in [-0.05, 0) is 32.2 Å². The number of thiazole rings is 1. The predicted octanol–water partition coefficient (Wildman–Crippen LogP) is 3.58. The van der Waals surface area contributed by atoms with Crippen LogP contribution in [0.5, 0.6) is 0 Å². The van der Waals surface area contributed by atoms with Gasteiger partial charge in [-0.3, -0.25) is 0 Å². The molecule has 1 heterocycles. The molecule has 0 amide bonds. The maximum Gasteiger partial charge on any atom is 0.185 e. The highest BCUT2D eigenvalue weighted by atomic mass is 32.1. The summed E-state index contributed by atoms with van der Waals surface area (Å²) in [5.74, 6) is 0. The van der Waals surface area contributed by atoms with Crippen LogP contribution in [0.2, 0.25) is 0 Å². The van der Waals surface area contributed by atoms with Crippen molar-refractivity contribution in [1.82, 2.24) is 10.3 Å². The van der Waals surface area contributed by atoms with E-state index in [2.05, 4.69) is 31.1 Å². The van der Waals surface area contributed by atoms with Crippen LogP contribution >= 0.6 is 11.3 Å². The molecule has 1 N–H and O–H groups in total. The normalized spacial score (nSPS) is 16.2. The van der Waals surface area contributed by atoms with Crippen LogP contribution in [-0.4, -0.2) is 24.6 Å². The Morgan fingerprint density at radius 2 is 2.05 bits per heavy atom. The second-order valence-corrected chi connectivity index (χ2v) is 6.51. The molecule has 0 atom stereocenters. The Labute approximate surface area is 121 Å². The summed E-state index contributed by atoms with van der Waals surface area (Å²) in [5.41, 5.74) is 1.29. The molecule has 0 aromatic carbocycles. The molecule has 1 saturated carbocycles. The standard InChI is InChI=1S/C15H27N3S/c1-4-10-16-11-14-13(5-2)17-15(19-14)18(3)12-8-6-7-9-12/h12,16H,4-11H2,1-3H3. The Hall–Kier alpha value is -0.610. The van der Waals surface area contributed by atoms with Crippen molar-refractivity contribution in [2.45, 2.75) is 65.0 Å². The molecular weight excluding hydrogens is 254 g/mol. The third-order valence-electron chi connectivity index (χ3n) is 3.99. The molecule has 0 spiro atoms. The Bertz CT molecular complexity index is 383. The largest absolute Gasteiger partial charge is 0.348 e. The Kier molecular flexibility index (Phi) is 5.64. The lowest BCUT2D eigenvalue weighted by Crippen LogP contribution is -2.28. The summed E-state index contributed by atoms with van der Waals surface area (Å²) in [5, 5.41) is 4.72. The smallest absolute Gasteiger partial charge is 0.185 e. The van der Waals surface area contributed by atoms with Crippen LogP contribution in [0.4, 0.5) is 5.13 Å². The fourth-order valence-electron chi connectivity index (χ4n) is 2.76. The highest BCUT2D eigenvalue weighted by Crippen LogP contribution is 2.31. The molecule has 1 aromatic rings. The molecule has 0 unspecified atom stereocenters. The number of hydrogen-bond donors (Lipinski definition) is 1. The van der Waals surface area contributed by atoms with E-state index in [4.69, 9.17) is 4.98 Å². The molecule has 0 radical (unpaired) electrons. The molecular formula is C15H27N3S. The van der Waals surface area contributed by atoms with E-state index in [-0.39, 0.29) is 0 Å². The Morgan fingerprint density at radius 1 is 1.32 bits per heavy atom. The SMILES string of the molecule is CCCNCc1sc(N(C)C2CCCC2)nc1CC. The van der Waals surface area contributed by atoms with Gasteiger partial charge >= 0.3 is 0 Å². The van der Waals surface area contributed by atoms with Crippen molar-refractivity contribution in [3.63, 3.8) is 0 Å². The molecule has 1 aliphatic carbocycles. The number of nitrogens with one attached hydrogen (secondary N) is 1. The van der Waals surface area contributed by atoms with Crippen LogP contribution in [0.15, 0.2) is 0 Å². The highest BCUT2D eigenvalue weighted by molar-refractivity contribution is 7.15. The lowest BCUT2D eigenvalue weighted by Gasteiger charge is -2.23. The number of aryl methyl sites for hydroxylation is 1. The fourth-order valence-corrected chi connectivity index (χ4v) is 3.91. The van der Waals surface area contributed by atoms with Crippen LogP contribution in [-0.2, 0) is 13.0 Å². The van der Waals surface area contributed by atoms with Gasteiger partial charge in [-0.2, -0.15) is 0 Å². The molecule has 0 bridgehead atoms. The van der Waals surface area contributed by atoms with Gasteiger partial charge in [0.15, 0.2) is 5.13 Å². The van der Waals surface area contributed by atoms with Gasteiger partial charge in [0.25, 0.3) is 0 Å². The summed E-state index contributed by atoms with van der Waals surface area (Å²) in [4.78, 5) is 8.70. The molecule has 108 valence electrons. The van der Waals surface area contributed by atoms with Crippen LogP contribution < -0.4 is 10.2 Å². The summed E-state index contributed by atoms with van der Waals surface area (Å²) in [6.07, 6.45) is 7.66. The molecule has 4 heteroatoms. The van der Waals surface area contributed by atoms with Gasteiger partial charge in [0.1, 0.15) is 0 Å². The first kappa shape index (κ1) is 14.8. The molecule has 1 aliphatic rings. The van der Waals surface area contributed by atoms with Crippen molar-refractivity contribution in [2.75, 3.05) is 18.5 Å². The molecule has 19 heavy (non-hydrogen) atoms. The minimum atomic E-state index is 0.715. The second-order valence-electron chi connectivity index (χ2n) is 5.45. The van der Waals surface area contributed by atoms with Gasteiger partial charge in [0, 0.05) is 24.5 Å². The number of hydrogen-bond acceptors (Lipinski definition) is 4. The van der Waals surface area contributed by atoms with Gasteiger partial charge in [-0.15, -0.1) is 11.3 Å². The molecule has 0 saturated heterocycles. The highest BCUT2D eigenvalue weighted by Gasteiger charge is 2.22. The van der Waals surface area contributed by atoms with Crippen molar-refractivity contribution < 1.29 is 0 Å². The zero-order valence-electron chi connectivity index (χ0n) is 12.5. The van der Waals surface area contributed by atoms with Gasteiger partial charge in [-0.1, -0.05) is 26.7 Å². The number of rotatable bonds is 7. The summed E-state index contributed by atoms with van der Waals surface area (Å²) < 4.78 is 0. The monoisotopic (exact) mass is 281 g/mol. The van der Waals surface area contributed by atoms with Crippen molar-refractivity contribution in [2.24, 2.45) is 0 Å². The van der Waals surface area contributed by atoms with E-state index in [0.29, 0.717) is 6.04 Å². The average Bonchev–Trinajstić information content (AvgIpc) is 3.07. The topological polar surface area (TPSA) is 28.2 Å². The fraction of sp³-hybridized carbons (Fsp3) is 0.800. The summed E-state index contributed by atoms with van der Waals surface area (Å²) >= 11 is 1.88. The van der Waals surface area contributed by atoms with Gasteiger partial charge in [0.05, 0.1) is 5.69 Å². The van der Waals surface area contributed by atoms with E-state index in [1.165, 1.54) is 47.8 Å². The zero-order chi connectivity index (χ0) is 13.7. The summed E-state index contributed by atoms with van der Waals surface area (Å²) in [6.45, 7) is 6.49. The van der Waals surface area contributed by atoms with Crippen LogP contribution in [0.1, 0.15) is 56.5 Å². The van der Waals surface area contributed by atoms with E-state index in [1.807, 2.05) is 11.3 Å². The second kappa shape index (κ2) is 7.25. The average molecular weight is 281 g/mol. The lowest BCUT2D eigenvalue weighted by atomic mass is 10.2. The first-order valence-electron chi connectivity index (χ1n) is 7.68.